The van der Waals surface area contributed by atoms with E-state index in [4.69, 9.17) is 9.84 Å². The fourth-order valence-corrected chi connectivity index (χ4v) is 2.27. The molecular formula is C11H13BrN2O6. The number of aromatic amines is 1. The van der Waals surface area contributed by atoms with Gasteiger partial charge < -0.3 is 20.1 Å². The number of nitrogens with one attached hydrogen (secondary N) is 1. The van der Waals surface area contributed by atoms with E-state index in [0.717, 1.165) is 4.57 Å². The number of halogens is 1. The molecule has 1 aromatic heterocycles. The fraction of sp³-hybridized carbons (Fsp3) is 0.455. The van der Waals surface area contributed by atoms with Crippen molar-refractivity contribution in [1.29, 1.82) is 0 Å². The van der Waals surface area contributed by atoms with Crippen LogP contribution >= 0.6 is 15.9 Å². The van der Waals surface area contributed by atoms with E-state index in [0.29, 0.717) is 0 Å². The molecule has 1 aromatic rings. The number of aliphatic hydroxyl groups is 3. The van der Waals surface area contributed by atoms with E-state index in [1.165, 1.54) is 17.3 Å². The second-order valence-corrected chi connectivity index (χ2v) is 4.80. The Balaban J connectivity index is 2.46. The molecule has 1 aliphatic rings. The van der Waals surface area contributed by atoms with Gasteiger partial charge in [-0.15, -0.1) is 0 Å². The van der Waals surface area contributed by atoms with Gasteiger partial charge in [0.15, 0.2) is 6.23 Å². The van der Waals surface area contributed by atoms with E-state index in [-0.39, 0.29) is 5.56 Å². The van der Waals surface area contributed by atoms with Crippen LogP contribution < -0.4 is 11.2 Å². The number of hydrogen-bond donors (Lipinski definition) is 4. The molecule has 4 atom stereocenters. The smallest absolute Gasteiger partial charge is 0.330 e. The van der Waals surface area contributed by atoms with Gasteiger partial charge >= 0.3 is 5.69 Å². The third-order valence-corrected chi connectivity index (χ3v) is 3.29. The predicted octanol–water partition coefficient (Wildman–Crippen LogP) is -1.49. The van der Waals surface area contributed by atoms with Gasteiger partial charge in [0.25, 0.3) is 5.56 Å². The van der Waals surface area contributed by atoms with Gasteiger partial charge in [-0.05, 0) is 11.1 Å². The summed E-state index contributed by atoms with van der Waals surface area (Å²) in [5, 5.41) is 28.5. The Morgan fingerprint density at radius 1 is 1.40 bits per heavy atom. The summed E-state index contributed by atoms with van der Waals surface area (Å²) < 4.78 is 6.20. The second-order valence-electron chi connectivity index (χ2n) is 4.27. The van der Waals surface area contributed by atoms with Crippen LogP contribution in [0.4, 0.5) is 0 Å². The Labute approximate surface area is 121 Å². The molecule has 20 heavy (non-hydrogen) atoms. The molecule has 0 aromatic carbocycles. The topological polar surface area (TPSA) is 125 Å². The van der Waals surface area contributed by atoms with Crippen molar-refractivity contribution in [2.45, 2.75) is 24.5 Å². The lowest BCUT2D eigenvalue weighted by Crippen LogP contribution is -2.38. The molecule has 0 unspecified atom stereocenters. The van der Waals surface area contributed by atoms with Crippen LogP contribution in [-0.4, -0.2) is 49.8 Å². The third kappa shape index (κ3) is 2.63. The van der Waals surface area contributed by atoms with E-state index >= 15 is 0 Å². The summed E-state index contributed by atoms with van der Waals surface area (Å²) in [6.07, 6.45) is -2.27. The molecule has 1 fully saturated rings. The summed E-state index contributed by atoms with van der Waals surface area (Å²) in [5.74, 6) is 0. The largest absolute Gasteiger partial charge is 0.394 e. The van der Waals surface area contributed by atoms with Crippen LogP contribution in [0, 0.1) is 0 Å². The standard InChI is InChI=1S/C11H13BrN2O6/c12-2-1-5-3-14(11(19)13-9(5)18)10-8(17)7(16)6(4-15)20-10/h1-3,6-8,10,15-17H,4H2,(H,13,18,19)/b2-1-/t6-,7-,8-,10-/m1/s1. The van der Waals surface area contributed by atoms with Crippen LogP contribution in [-0.2, 0) is 4.74 Å². The lowest BCUT2D eigenvalue weighted by atomic mass is 10.1. The highest BCUT2D eigenvalue weighted by Crippen LogP contribution is 2.27. The minimum atomic E-state index is -1.39. The summed E-state index contributed by atoms with van der Waals surface area (Å²) in [6, 6.07) is 0. The van der Waals surface area contributed by atoms with Gasteiger partial charge in [-0.2, -0.15) is 0 Å². The Bertz CT molecular complexity index is 624. The minimum absolute atomic E-state index is 0.166. The maximum Gasteiger partial charge on any atom is 0.330 e. The molecule has 0 aliphatic carbocycles. The number of hydrogen-bond acceptors (Lipinski definition) is 6. The summed E-state index contributed by atoms with van der Waals surface area (Å²) >= 11 is 3.01. The highest BCUT2D eigenvalue weighted by atomic mass is 79.9. The minimum Gasteiger partial charge on any atom is -0.394 e. The fourth-order valence-electron chi connectivity index (χ4n) is 1.99. The van der Waals surface area contributed by atoms with Gasteiger partial charge in [0.2, 0.25) is 0 Å². The van der Waals surface area contributed by atoms with Crippen molar-refractivity contribution in [3.05, 3.63) is 37.6 Å². The average Bonchev–Trinajstić information content (AvgIpc) is 2.70. The zero-order valence-corrected chi connectivity index (χ0v) is 11.7. The van der Waals surface area contributed by atoms with Gasteiger partial charge in [0.05, 0.1) is 12.2 Å². The van der Waals surface area contributed by atoms with E-state index in [1.54, 1.807) is 0 Å². The number of H-pyrrole nitrogens is 1. The summed E-state index contributed by atoms with van der Waals surface area (Å²) in [6.45, 7) is -0.499. The first-order valence-corrected chi connectivity index (χ1v) is 6.66. The van der Waals surface area contributed by atoms with E-state index in [9.17, 15) is 19.8 Å². The molecule has 4 N–H and O–H groups in total. The molecule has 1 aliphatic heterocycles. The number of rotatable bonds is 3. The van der Waals surface area contributed by atoms with Crippen molar-refractivity contribution in [3.63, 3.8) is 0 Å². The molecule has 110 valence electrons. The first-order valence-electron chi connectivity index (χ1n) is 5.74. The summed E-state index contributed by atoms with van der Waals surface area (Å²) in [4.78, 5) is 26.8. The third-order valence-electron chi connectivity index (χ3n) is 3.03. The molecule has 0 amide bonds. The van der Waals surface area contributed by atoms with Crippen molar-refractivity contribution in [3.8, 4) is 0 Å². The number of nitrogens with zero attached hydrogens (tertiary/aromatic N) is 1. The van der Waals surface area contributed by atoms with E-state index < -0.39 is 42.4 Å². The SMILES string of the molecule is O=c1[nH]c(=O)n([C@@H]2O[C@H](CO)[C@@H](O)[C@H]2O)cc1/C=C\Br. The van der Waals surface area contributed by atoms with Crippen LogP contribution in [0.2, 0.25) is 0 Å². The van der Waals surface area contributed by atoms with Crippen molar-refractivity contribution in [1.82, 2.24) is 9.55 Å². The van der Waals surface area contributed by atoms with Gasteiger partial charge in [-0.1, -0.05) is 15.9 Å². The van der Waals surface area contributed by atoms with E-state index in [2.05, 4.69) is 20.9 Å². The maximum absolute atomic E-state index is 11.8. The van der Waals surface area contributed by atoms with Gasteiger partial charge in [-0.25, -0.2) is 4.79 Å². The van der Waals surface area contributed by atoms with Gasteiger partial charge in [0, 0.05) is 6.20 Å². The Morgan fingerprint density at radius 2 is 2.10 bits per heavy atom. The average molecular weight is 349 g/mol. The van der Waals surface area contributed by atoms with Crippen LogP contribution in [0.15, 0.2) is 20.8 Å². The van der Waals surface area contributed by atoms with Crippen molar-refractivity contribution in [2.75, 3.05) is 6.61 Å². The van der Waals surface area contributed by atoms with Crippen LogP contribution in [0.1, 0.15) is 11.8 Å². The molecule has 0 radical (unpaired) electrons. The van der Waals surface area contributed by atoms with Crippen LogP contribution in [0.3, 0.4) is 0 Å². The monoisotopic (exact) mass is 348 g/mol. The Hall–Kier alpha value is -1.26. The highest BCUT2D eigenvalue weighted by molar-refractivity contribution is 9.11. The van der Waals surface area contributed by atoms with Crippen molar-refractivity contribution >= 4 is 22.0 Å². The number of ether oxygens (including phenoxy) is 1. The van der Waals surface area contributed by atoms with E-state index in [1.807, 2.05) is 0 Å². The zero-order chi connectivity index (χ0) is 14.9. The molecule has 0 saturated carbocycles. The van der Waals surface area contributed by atoms with Crippen LogP contribution in [0.25, 0.3) is 6.08 Å². The first-order chi connectivity index (χ1) is 9.49. The molecular weight excluding hydrogens is 336 g/mol. The predicted molar refractivity (Wildman–Crippen MR) is 72.3 cm³/mol. The van der Waals surface area contributed by atoms with Crippen LogP contribution in [0.5, 0.6) is 0 Å². The molecule has 0 bridgehead atoms. The molecule has 2 rings (SSSR count). The lowest BCUT2D eigenvalue weighted by Gasteiger charge is -2.17. The molecule has 1 saturated heterocycles. The maximum atomic E-state index is 11.8. The normalized spacial score (nSPS) is 30.2. The first kappa shape index (κ1) is 15.1. The number of aliphatic hydroxyl groups excluding tert-OH is 3. The van der Waals surface area contributed by atoms with Gasteiger partial charge in [-0.3, -0.25) is 14.3 Å². The molecule has 0 spiro atoms. The second kappa shape index (κ2) is 6.02. The number of aromatic nitrogens is 2. The highest BCUT2D eigenvalue weighted by Gasteiger charge is 2.43. The molecule has 2 heterocycles. The molecule has 8 nitrogen and oxygen atoms in total. The van der Waals surface area contributed by atoms with Crippen molar-refractivity contribution in [2.24, 2.45) is 0 Å². The van der Waals surface area contributed by atoms with Gasteiger partial charge in [0.1, 0.15) is 18.3 Å². The Kier molecular flexibility index (Phi) is 4.55. The Morgan fingerprint density at radius 3 is 2.65 bits per heavy atom. The quantitative estimate of drug-likeness (QED) is 0.527. The summed E-state index contributed by atoms with van der Waals surface area (Å²) in [7, 11) is 0. The lowest BCUT2D eigenvalue weighted by molar-refractivity contribution is -0.0550. The zero-order valence-electron chi connectivity index (χ0n) is 10.1. The molecule has 9 heteroatoms. The summed E-state index contributed by atoms with van der Waals surface area (Å²) in [5.41, 5.74) is -1.20. The van der Waals surface area contributed by atoms with Crippen molar-refractivity contribution < 1.29 is 20.1 Å².